The molecule has 0 spiro atoms. The minimum atomic E-state index is 0.589. The summed E-state index contributed by atoms with van der Waals surface area (Å²) in [7, 11) is 0. The minimum absolute atomic E-state index is 0.589. The molecule has 1 saturated carbocycles. The lowest BCUT2D eigenvalue weighted by Gasteiger charge is -2.14. The highest BCUT2D eigenvalue weighted by molar-refractivity contribution is 5.12. The van der Waals surface area contributed by atoms with Crippen molar-refractivity contribution in [2.75, 3.05) is 6.54 Å². The maximum atomic E-state index is 5.67. The first kappa shape index (κ1) is 13.5. The lowest BCUT2D eigenvalue weighted by atomic mass is 10.0. The van der Waals surface area contributed by atoms with Crippen LogP contribution in [0.2, 0.25) is 0 Å². The van der Waals surface area contributed by atoms with Crippen molar-refractivity contribution in [3.8, 4) is 0 Å². The van der Waals surface area contributed by atoms with Gasteiger partial charge >= 0.3 is 0 Å². The summed E-state index contributed by atoms with van der Waals surface area (Å²) < 4.78 is 2.21. The largest absolute Gasteiger partial charge is 0.330 e. The molecule has 0 aromatic carbocycles. The second-order valence-electron chi connectivity index (χ2n) is 5.84. The van der Waals surface area contributed by atoms with Gasteiger partial charge in [-0.05, 0) is 38.1 Å². The lowest BCUT2D eigenvalue weighted by Crippen LogP contribution is -2.13. The van der Waals surface area contributed by atoms with Crippen LogP contribution in [0.5, 0.6) is 0 Å². The summed E-state index contributed by atoms with van der Waals surface area (Å²) in [5.74, 6) is 0.725. The van der Waals surface area contributed by atoms with Gasteiger partial charge in [-0.3, -0.25) is 0 Å². The van der Waals surface area contributed by atoms with E-state index in [0.29, 0.717) is 12.6 Å². The van der Waals surface area contributed by atoms with Crippen molar-refractivity contribution in [3.63, 3.8) is 0 Å². The predicted octanol–water partition coefficient (Wildman–Crippen LogP) is 2.48. The van der Waals surface area contributed by atoms with E-state index in [-0.39, 0.29) is 0 Å². The van der Waals surface area contributed by atoms with Crippen LogP contribution in [0.15, 0.2) is 0 Å². The molecule has 1 aliphatic rings. The van der Waals surface area contributed by atoms with Gasteiger partial charge in [-0.1, -0.05) is 31.9 Å². The lowest BCUT2D eigenvalue weighted by molar-refractivity contribution is 0.430. The zero-order valence-electron chi connectivity index (χ0n) is 11.7. The number of rotatable bonds is 6. The first-order chi connectivity index (χ1) is 8.72. The van der Waals surface area contributed by atoms with Crippen LogP contribution in [-0.4, -0.2) is 21.5 Å². The molecular weight excluding hydrogens is 224 g/mol. The fourth-order valence-corrected chi connectivity index (χ4v) is 2.80. The molecule has 0 aliphatic heterocycles. The zero-order chi connectivity index (χ0) is 13.0. The standard InChI is InChI=1S/C14H26N4/c1-11(2)7-8-14-13(9-10-15)16-17-18(14)12-5-3-4-6-12/h11-12H,3-10,15H2,1-2H3. The molecule has 1 fully saturated rings. The van der Waals surface area contributed by atoms with Gasteiger partial charge < -0.3 is 5.73 Å². The molecule has 2 N–H and O–H groups in total. The van der Waals surface area contributed by atoms with E-state index >= 15 is 0 Å². The van der Waals surface area contributed by atoms with Crippen LogP contribution in [0.25, 0.3) is 0 Å². The van der Waals surface area contributed by atoms with Gasteiger partial charge in [-0.2, -0.15) is 0 Å². The highest BCUT2D eigenvalue weighted by atomic mass is 15.4. The summed E-state index contributed by atoms with van der Waals surface area (Å²) in [4.78, 5) is 0. The molecule has 18 heavy (non-hydrogen) atoms. The van der Waals surface area contributed by atoms with Gasteiger partial charge in [0.25, 0.3) is 0 Å². The molecule has 102 valence electrons. The average Bonchev–Trinajstić information content (AvgIpc) is 2.95. The Morgan fingerprint density at radius 2 is 2.00 bits per heavy atom. The fourth-order valence-electron chi connectivity index (χ4n) is 2.80. The van der Waals surface area contributed by atoms with Crippen molar-refractivity contribution in [2.45, 2.75) is 64.8 Å². The maximum Gasteiger partial charge on any atom is 0.0871 e. The van der Waals surface area contributed by atoms with Crippen molar-refractivity contribution in [2.24, 2.45) is 11.7 Å². The van der Waals surface area contributed by atoms with Gasteiger partial charge in [0.15, 0.2) is 0 Å². The van der Waals surface area contributed by atoms with Crippen LogP contribution in [0, 0.1) is 5.92 Å². The van der Waals surface area contributed by atoms with Crippen LogP contribution in [0.4, 0.5) is 0 Å². The highest BCUT2D eigenvalue weighted by Gasteiger charge is 2.22. The van der Waals surface area contributed by atoms with E-state index in [1.807, 2.05) is 0 Å². The molecule has 0 radical (unpaired) electrons. The van der Waals surface area contributed by atoms with E-state index in [4.69, 9.17) is 5.73 Å². The Kier molecular flexibility index (Phi) is 4.75. The third kappa shape index (κ3) is 3.10. The van der Waals surface area contributed by atoms with E-state index in [1.54, 1.807) is 0 Å². The molecule has 0 bridgehead atoms. The summed E-state index contributed by atoms with van der Waals surface area (Å²) in [5.41, 5.74) is 8.15. The zero-order valence-corrected chi connectivity index (χ0v) is 11.7. The monoisotopic (exact) mass is 250 g/mol. The van der Waals surface area contributed by atoms with Crippen LogP contribution in [-0.2, 0) is 12.8 Å². The van der Waals surface area contributed by atoms with Crippen LogP contribution >= 0.6 is 0 Å². The molecule has 0 atom stereocenters. The maximum absolute atomic E-state index is 5.67. The molecular formula is C14H26N4. The smallest absolute Gasteiger partial charge is 0.0871 e. The van der Waals surface area contributed by atoms with E-state index in [1.165, 1.54) is 37.8 Å². The summed E-state index contributed by atoms with van der Waals surface area (Å²) in [6.07, 6.45) is 8.36. The van der Waals surface area contributed by atoms with E-state index in [2.05, 4.69) is 28.8 Å². The Labute approximate surface area is 110 Å². The topological polar surface area (TPSA) is 56.7 Å². The number of nitrogens with two attached hydrogens (primary N) is 1. The quantitative estimate of drug-likeness (QED) is 0.844. The molecule has 4 heteroatoms. The second kappa shape index (κ2) is 6.32. The van der Waals surface area contributed by atoms with Gasteiger partial charge in [-0.25, -0.2) is 4.68 Å². The number of aromatic nitrogens is 3. The van der Waals surface area contributed by atoms with E-state index in [0.717, 1.165) is 24.5 Å². The summed E-state index contributed by atoms with van der Waals surface area (Å²) in [6.45, 7) is 5.21. The van der Waals surface area contributed by atoms with Crippen molar-refractivity contribution in [1.82, 2.24) is 15.0 Å². The molecule has 1 aliphatic carbocycles. The van der Waals surface area contributed by atoms with Crippen molar-refractivity contribution in [3.05, 3.63) is 11.4 Å². The summed E-state index contributed by atoms with van der Waals surface area (Å²) in [5, 5.41) is 8.77. The Hall–Kier alpha value is -0.900. The normalized spacial score (nSPS) is 16.9. The van der Waals surface area contributed by atoms with E-state index in [9.17, 15) is 0 Å². The first-order valence-electron chi connectivity index (χ1n) is 7.35. The van der Waals surface area contributed by atoms with Gasteiger partial charge in [0.05, 0.1) is 17.4 Å². The van der Waals surface area contributed by atoms with Gasteiger partial charge in [0.1, 0.15) is 0 Å². The van der Waals surface area contributed by atoms with Gasteiger partial charge in [-0.15, -0.1) is 5.10 Å². The minimum Gasteiger partial charge on any atom is -0.330 e. The molecule has 1 aromatic heterocycles. The highest BCUT2D eigenvalue weighted by Crippen LogP contribution is 2.30. The second-order valence-corrected chi connectivity index (χ2v) is 5.84. The first-order valence-corrected chi connectivity index (χ1v) is 7.35. The Bertz CT molecular complexity index is 364. The average molecular weight is 250 g/mol. The van der Waals surface area contributed by atoms with Crippen LogP contribution < -0.4 is 5.73 Å². The van der Waals surface area contributed by atoms with Gasteiger partial charge in [0.2, 0.25) is 0 Å². The van der Waals surface area contributed by atoms with Crippen molar-refractivity contribution < 1.29 is 0 Å². The third-order valence-electron chi connectivity index (χ3n) is 3.88. The molecule has 0 amide bonds. The molecule has 0 saturated heterocycles. The number of hydrogen-bond acceptors (Lipinski definition) is 3. The summed E-state index contributed by atoms with van der Waals surface area (Å²) in [6, 6.07) is 0.589. The molecule has 1 heterocycles. The molecule has 4 nitrogen and oxygen atoms in total. The Balaban J connectivity index is 2.16. The Morgan fingerprint density at radius 1 is 1.28 bits per heavy atom. The van der Waals surface area contributed by atoms with Crippen molar-refractivity contribution >= 4 is 0 Å². The number of hydrogen-bond donors (Lipinski definition) is 1. The van der Waals surface area contributed by atoms with E-state index < -0.39 is 0 Å². The third-order valence-corrected chi connectivity index (χ3v) is 3.88. The van der Waals surface area contributed by atoms with Gasteiger partial charge in [0, 0.05) is 6.42 Å². The molecule has 0 unspecified atom stereocenters. The number of nitrogens with zero attached hydrogens (tertiary/aromatic N) is 3. The van der Waals surface area contributed by atoms with Crippen LogP contribution in [0.1, 0.15) is 63.4 Å². The fraction of sp³-hybridized carbons (Fsp3) is 0.857. The van der Waals surface area contributed by atoms with Crippen molar-refractivity contribution in [1.29, 1.82) is 0 Å². The molecule has 1 aromatic rings. The van der Waals surface area contributed by atoms with Crippen LogP contribution in [0.3, 0.4) is 0 Å². The predicted molar refractivity (Wildman–Crippen MR) is 73.4 cm³/mol. The summed E-state index contributed by atoms with van der Waals surface area (Å²) >= 11 is 0. The Morgan fingerprint density at radius 3 is 2.61 bits per heavy atom. The SMILES string of the molecule is CC(C)CCc1c(CCN)nnn1C1CCCC1. The molecule has 2 rings (SSSR count).